The largest absolute Gasteiger partial charge is 0.465 e. The summed E-state index contributed by atoms with van der Waals surface area (Å²) in [5, 5.41) is 0. The molecule has 0 aliphatic carbocycles. The van der Waals surface area contributed by atoms with Crippen LogP contribution < -0.4 is 5.73 Å². The zero-order valence-corrected chi connectivity index (χ0v) is 11.8. The second kappa shape index (κ2) is 5.44. The van der Waals surface area contributed by atoms with Crippen molar-refractivity contribution in [3.05, 3.63) is 23.3 Å². The van der Waals surface area contributed by atoms with Gasteiger partial charge in [-0.25, -0.2) is 4.79 Å². The van der Waals surface area contributed by atoms with Gasteiger partial charge in [-0.2, -0.15) is 0 Å². The summed E-state index contributed by atoms with van der Waals surface area (Å²) in [6, 6.07) is 3.39. The molecule has 1 aromatic rings. The average molecular weight is 267 g/mol. The Hall–Kier alpha value is -1.49. The van der Waals surface area contributed by atoms with Crippen molar-refractivity contribution >= 4 is 29.7 Å². The summed E-state index contributed by atoms with van der Waals surface area (Å²) >= 11 is 1.37. The molecule has 0 radical (unpaired) electrons. The predicted octanol–water partition coefficient (Wildman–Crippen LogP) is 2.43. The molecule has 0 aliphatic rings. The molecule has 0 atom stereocenters. The van der Waals surface area contributed by atoms with E-state index >= 15 is 0 Å². The Kier molecular flexibility index (Phi) is 4.40. The Balaban J connectivity index is 3.15. The van der Waals surface area contributed by atoms with Gasteiger partial charge in [-0.05, 0) is 38.5 Å². The third-order valence-electron chi connectivity index (χ3n) is 2.42. The summed E-state index contributed by atoms with van der Waals surface area (Å²) in [5.41, 5.74) is 7.60. The number of benzene rings is 1. The molecule has 0 saturated carbocycles. The molecular weight excluding hydrogens is 250 g/mol. The molecule has 5 heteroatoms. The van der Waals surface area contributed by atoms with Crippen LogP contribution in [0.4, 0.5) is 5.69 Å². The molecule has 4 nitrogen and oxygen atoms in total. The van der Waals surface area contributed by atoms with E-state index in [1.54, 1.807) is 12.1 Å². The van der Waals surface area contributed by atoms with Crippen molar-refractivity contribution in [3.8, 4) is 0 Å². The van der Waals surface area contributed by atoms with Crippen LogP contribution in [-0.4, -0.2) is 24.1 Å². The van der Waals surface area contributed by atoms with E-state index in [1.807, 2.05) is 20.8 Å². The van der Waals surface area contributed by atoms with Crippen molar-refractivity contribution in [2.24, 2.45) is 0 Å². The van der Waals surface area contributed by atoms with Gasteiger partial charge in [-0.1, -0.05) is 0 Å². The number of hydrogen-bond acceptors (Lipinski definition) is 5. The van der Waals surface area contributed by atoms with Crippen LogP contribution in [0.15, 0.2) is 17.0 Å². The number of nitrogen functional groups attached to an aromatic ring is 1. The second-order valence-electron chi connectivity index (χ2n) is 4.52. The molecule has 0 amide bonds. The summed E-state index contributed by atoms with van der Waals surface area (Å²) in [5.74, 6) is -0.412. The van der Waals surface area contributed by atoms with Crippen LogP contribution >= 0.6 is 11.8 Å². The van der Waals surface area contributed by atoms with Gasteiger partial charge in [0, 0.05) is 10.6 Å². The normalized spacial score (nSPS) is 11.1. The number of ether oxygens (including phenoxy) is 1. The Bertz CT molecular complexity index is 483. The molecule has 1 aromatic carbocycles. The van der Waals surface area contributed by atoms with Crippen molar-refractivity contribution < 1.29 is 14.3 Å². The van der Waals surface area contributed by atoms with Gasteiger partial charge in [-0.15, -0.1) is 11.8 Å². The van der Waals surface area contributed by atoms with Crippen LogP contribution in [0.25, 0.3) is 0 Å². The number of esters is 1. The molecule has 98 valence electrons. The lowest BCUT2D eigenvalue weighted by Crippen LogP contribution is -2.16. The SMILES string of the molecule is COC(=O)c1cc(N)c(SC(C)(C)C=O)cc1C. The minimum absolute atomic E-state index is 0.412. The summed E-state index contributed by atoms with van der Waals surface area (Å²) in [7, 11) is 1.33. The Morgan fingerprint density at radius 1 is 1.44 bits per heavy atom. The highest BCUT2D eigenvalue weighted by atomic mass is 32.2. The highest BCUT2D eigenvalue weighted by molar-refractivity contribution is 8.01. The molecule has 0 aliphatic heterocycles. The minimum Gasteiger partial charge on any atom is -0.465 e. The zero-order chi connectivity index (χ0) is 13.9. The number of methoxy groups -OCH3 is 1. The lowest BCUT2D eigenvalue weighted by Gasteiger charge is -2.18. The molecule has 0 aromatic heterocycles. The van der Waals surface area contributed by atoms with Crippen molar-refractivity contribution in [2.75, 3.05) is 12.8 Å². The highest BCUT2D eigenvalue weighted by Gasteiger charge is 2.21. The first-order valence-corrected chi connectivity index (χ1v) is 6.26. The molecule has 0 bridgehead atoms. The predicted molar refractivity (Wildman–Crippen MR) is 72.9 cm³/mol. The topological polar surface area (TPSA) is 69.4 Å². The number of nitrogens with two attached hydrogens (primary N) is 1. The van der Waals surface area contributed by atoms with E-state index in [0.29, 0.717) is 11.3 Å². The first kappa shape index (κ1) is 14.6. The fourth-order valence-corrected chi connectivity index (χ4v) is 2.45. The second-order valence-corrected chi connectivity index (χ2v) is 6.22. The zero-order valence-electron chi connectivity index (χ0n) is 10.9. The van der Waals surface area contributed by atoms with Crippen molar-refractivity contribution in [1.82, 2.24) is 0 Å². The number of carbonyl (C=O) groups is 2. The van der Waals surface area contributed by atoms with Gasteiger partial charge >= 0.3 is 5.97 Å². The van der Waals surface area contributed by atoms with Crippen molar-refractivity contribution in [2.45, 2.75) is 30.4 Å². The minimum atomic E-state index is -0.548. The molecule has 18 heavy (non-hydrogen) atoms. The molecule has 0 heterocycles. The summed E-state index contributed by atoms with van der Waals surface area (Å²) < 4.78 is 4.13. The fraction of sp³-hybridized carbons (Fsp3) is 0.385. The Morgan fingerprint density at radius 2 is 2.06 bits per heavy atom. The summed E-state index contributed by atoms with van der Waals surface area (Å²) in [6.07, 6.45) is 0.876. The number of aldehydes is 1. The van der Waals surface area contributed by atoms with E-state index in [9.17, 15) is 9.59 Å². The first-order valence-electron chi connectivity index (χ1n) is 5.44. The first-order chi connectivity index (χ1) is 8.30. The van der Waals surface area contributed by atoms with Gasteiger partial charge in [0.15, 0.2) is 0 Å². The molecule has 0 unspecified atom stereocenters. The fourth-order valence-electron chi connectivity index (χ4n) is 1.42. The number of anilines is 1. The highest BCUT2D eigenvalue weighted by Crippen LogP contribution is 2.36. The number of carbonyl (C=O) groups excluding carboxylic acids is 2. The summed E-state index contributed by atoms with van der Waals surface area (Å²) in [4.78, 5) is 23.2. The maximum atomic E-state index is 11.5. The van der Waals surface area contributed by atoms with Crippen LogP contribution in [-0.2, 0) is 9.53 Å². The van der Waals surface area contributed by atoms with E-state index in [2.05, 4.69) is 4.74 Å². The van der Waals surface area contributed by atoms with Crippen LogP contribution in [0.1, 0.15) is 29.8 Å². The lowest BCUT2D eigenvalue weighted by molar-refractivity contribution is -0.109. The van der Waals surface area contributed by atoms with Crippen LogP contribution in [0, 0.1) is 6.92 Å². The lowest BCUT2D eigenvalue weighted by atomic mass is 10.1. The molecule has 1 rings (SSSR count). The monoisotopic (exact) mass is 267 g/mol. The molecule has 0 fully saturated rings. The van der Waals surface area contributed by atoms with E-state index in [0.717, 1.165) is 16.7 Å². The van der Waals surface area contributed by atoms with E-state index in [4.69, 9.17) is 5.73 Å². The molecular formula is C13H17NO3S. The van der Waals surface area contributed by atoms with Gasteiger partial charge in [-0.3, -0.25) is 0 Å². The van der Waals surface area contributed by atoms with Crippen LogP contribution in [0.2, 0.25) is 0 Å². The van der Waals surface area contributed by atoms with Crippen LogP contribution in [0.5, 0.6) is 0 Å². The van der Waals surface area contributed by atoms with Gasteiger partial charge in [0.25, 0.3) is 0 Å². The standard InChI is InChI=1S/C13H17NO3S/c1-8-5-11(18-13(2,3)7-15)10(14)6-9(8)12(16)17-4/h5-7H,14H2,1-4H3. The number of aryl methyl sites for hydroxylation is 1. The Morgan fingerprint density at radius 3 is 2.56 bits per heavy atom. The van der Waals surface area contributed by atoms with E-state index < -0.39 is 10.7 Å². The van der Waals surface area contributed by atoms with Crippen LogP contribution in [0.3, 0.4) is 0 Å². The van der Waals surface area contributed by atoms with Crippen molar-refractivity contribution in [3.63, 3.8) is 0 Å². The summed E-state index contributed by atoms with van der Waals surface area (Å²) in [6.45, 7) is 5.44. The quantitative estimate of drug-likeness (QED) is 0.393. The third-order valence-corrected chi connectivity index (χ3v) is 3.61. The van der Waals surface area contributed by atoms with Crippen molar-refractivity contribution in [1.29, 1.82) is 0 Å². The molecule has 0 saturated heterocycles. The van der Waals surface area contributed by atoms with E-state index in [-0.39, 0.29) is 0 Å². The van der Waals surface area contributed by atoms with Gasteiger partial charge in [0.2, 0.25) is 0 Å². The maximum absolute atomic E-state index is 11.5. The van der Waals surface area contributed by atoms with Gasteiger partial charge < -0.3 is 15.3 Å². The Labute approximate surface area is 111 Å². The van der Waals surface area contributed by atoms with Gasteiger partial charge in [0.1, 0.15) is 6.29 Å². The number of hydrogen-bond donors (Lipinski definition) is 1. The smallest absolute Gasteiger partial charge is 0.338 e. The number of rotatable bonds is 4. The molecule has 0 spiro atoms. The maximum Gasteiger partial charge on any atom is 0.338 e. The average Bonchev–Trinajstić information content (AvgIpc) is 2.32. The van der Waals surface area contributed by atoms with E-state index in [1.165, 1.54) is 18.9 Å². The third kappa shape index (κ3) is 3.26. The number of thioether (sulfide) groups is 1. The van der Waals surface area contributed by atoms with Gasteiger partial charge in [0.05, 0.1) is 17.4 Å². The molecule has 2 N–H and O–H groups in total.